The van der Waals surface area contributed by atoms with Gasteiger partial charge in [0.05, 0.1) is 6.26 Å². The Kier molecular flexibility index (Phi) is 3.61. The predicted molar refractivity (Wildman–Crippen MR) is 78.7 cm³/mol. The van der Waals surface area contributed by atoms with Gasteiger partial charge in [-0.05, 0) is 30.4 Å². The smallest absolute Gasteiger partial charge is 0.273 e. The number of hydrogen-bond acceptors (Lipinski definition) is 4. The topological polar surface area (TPSA) is 46.3 Å². The number of carbonyl (C=O) groups is 1. The highest BCUT2D eigenvalue weighted by Gasteiger charge is 2.27. The van der Waals surface area contributed by atoms with Crippen LogP contribution in [0.2, 0.25) is 0 Å². The van der Waals surface area contributed by atoms with E-state index in [1.165, 1.54) is 17.8 Å². The number of rotatable bonds is 2. The number of furan rings is 1. The van der Waals surface area contributed by atoms with Crippen molar-refractivity contribution in [3.05, 3.63) is 29.5 Å². The molecule has 0 aliphatic carbocycles. The Morgan fingerprint density at radius 1 is 1.40 bits per heavy atom. The largest absolute Gasteiger partial charge is 0.462 e. The van der Waals surface area contributed by atoms with Crippen LogP contribution in [0.4, 0.5) is 0 Å². The quantitative estimate of drug-likeness (QED) is 0.850. The third-order valence-electron chi connectivity index (χ3n) is 3.61. The summed E-state index contributed by atoms with van der Waals surface area (Å²) in [5.74, 6) is 1.88. The molecule has 0 spiro atoms. The van der Waals surface area contributed by atoms with Gasteiger partial charge in [0, 0.05) is 18.5 Å². The van der Waals surface area contributed by atoms with Crippen LogP contribution in [0.3, 0.4) is 0 Å². The zero-order valence-corrected chi connectivity index (χ0v) is 12.5. The van der Waals surface area contributed by atoms with Crippen LogP contribution in [-0.2, 0) is 0 Å². The maximum atomic E-state index is 12.5. The maximum absolute atomic E-state index is 12.5. The van der Waals surface area contributed by atoms with Crippen molar-refractivity contribution in [2.24, 2.45) is 11.8 Å². The number of piperidine rings is 1. The Morgan fingerprint density at radius 2 is 2.15 bits per heavy atom. The number of likely N-dealkylation sites (tertiary alicyclic amines) is 1. The molecule has 2 aromatic rings. The monoisotopic (exact) mass is 290 g/mol. The van der Waals surface area contributed by atoms with Crippen LogP contribution in [0.25, 0.3) is 10.8 Å². The SMILES string of the molecule is CC1CC(C)CN(C(=O)c2csc(-c3ccco3)n2)C1. The summed E-state index contributed by atoms with van der Waals surface area (Å²) < 4.78 is 5.32. The summed E-state index contributed by atoms with van der Waals surface area (Å²) in [5, 5.41) is 2.58. The van der Waals surface area contributed by atoms with E-state index in [9.17, 15) is 4.79 Å². The van der Waals surface area contributed by atoms with Crippen LogP contribution < -0.4 is 0 Å². The molecule has 106 valence electrons. The molecule has 2 aromatic heterocycles. The first-order chi connectivity index (χ1) is 9.63. The minimum absolute atomic E-state index is 0.0393. The summed E-state index contributed by atoms with van der Waals surface area (Å²) in [6, 6.07) is 3.68. The lowest BCUT2D eigenvalue weighted by Gasteiger charge is -2.34. The molecule has 5 heteroatoms. The van der Waals surface area contributed by atoms with E-state index in [0.29, 0.717) is 17.5 Å². The van der Waals surface area contributed by atoms with Gasteiger partial charge >= 0.3 is 0 Å². The first kappa shape index (κ1) is 13.4. The highest BCUT2D eigenvalue weighted by Crippen LogP contribution is 2.26. The van der Waals surface area contributed by atoms with Gasteiger partial charge in [0.2, 0.25) is 0 Å². The van der Waals surface area contributed by atoms with Crippen LogP contribution in [0, 0.1) is 11.8 Å². The highest BCUT2D eigenvalue weighted by atomic mass is 32.1. The van der Waals surface area contributed by atoms with E-state index in [1.54, 1.807) is 6.26 Å². The highest BCUT2D eigenvalue weighted by molar-refractivity contribution is 7.13. The maximum Gasteiger partial charge on any atom is 0.273 e. The van der Waals surface area contributed by atoms with E-state index in [-0.39, 0.29) is 5.91 Å². The van der Waals surface area contributed by atoms with Crippen molar-refractivity contribution in [3.63, 3.8) is 0 Å². The lowest BCUT2D eigenvalue weighted by molar-refractivity contribution is 0.0618. The van der Waals surface area contributed by atoms with E-state index < -0.39 is 0 Å². The van der Waals surface area contributed by atoms with Crippen molar-refractivity contribution in [3.8, 4) is 10.8 Å². The number of thiazole rings is 1. The molecule has 0 aromatic carbocycles. The third-order valence-corrected chi connectivity index (χ3v) is 4.47. The van der Waals surface area contributed by atoms with E-state index in [1.807, 2.05) is 22.4 Å². The molecule has 3 rings (SSSR count). The van der Waals surface area contributed by atoms with Gasteiger partial charge in [-0.1, -0.05) is 13.8 Å². The molecule has 1 saturated heterocycles. The van der Waals surface area contributed by atoms with Crippen LogP contribution in [0.15, 0.2) is 28.2 Å². The fourth-order valence-corrected chi connectivity index (χ4v) is 3.64. The molecule has 3 heterocycles. The Balaban J connectivity index is 1.77. The number of nitrogens with zero attached hydrogens (tertiary/aromatic N) is 2. The first-order valence-electron chi connectivity index (χ1n) is 6.92. The van der Waals surface area contributed by atoms with Gasteiger partial charge in [-0.15, -0.1) is 11.3 Å². The van der Waals surface area contributed by atoms with Gasteiger partial charge in [0.1, 0.15) is 5.69 Å². The number of amides is 1. The number of carbonyl (C=O) groups excluding carboxylic acids is 1. The molecule has 1 aliphatic heterocycles. The molecular weight excluding hydrogens is 272 g/mol. The van der Waals surface area contributed by atoms with Crippen LogP contribution in [-0.4, -0.2) is 28.9 Å². The summed E-state index contributed by atoms with van der Waals surface area (Å²) in [4.78, 5) is 18.9. The molecule has 4 nitrogen and oxygen atoms in total. The predicted octanol–water partition coefficient (Wildman–Crippen LogP) is 3.52. The Labute approximate surface area is 122 Å². The normalized spacial score (nSPS) is 23.0. The minimum Gasteiger partial charge on any atom is -0.462 e. The molecule has 0 bridgehead atoms. The molecule has 0 radical (unpaired) electrons. The molecular formula is C15H18N2O2S. The molecule has 0 saturated carbocycles. The van der Waals surface area contributed by atoms with Crippen molar-refractivity contribution < 1.29 is 9.21 Å². The average Bonchev–Trinajstić information content (AvgIpc) is 3.07. The second-order valence-corrected chi connectivity index (χ2v) is 6.53. The molecule has 2 atom stereocenters. The molecule has 1 amide bonds. The summed E-state index contributed by atoms with van der Waals surface area (Å²) in [7, 11) is 0. The molecule has 2 unspecified atom stereocenters. The second-order valence-electron chi connectivity index (χ2n) is 5.67. The van der Waals surface area contributed by atoms with Crippen LogP contribution in [0.5, 0.6) is 0 Å². The average molecular weight is 290 g/mol. The third kappa shape index (κ3) is 2.63. The van der Waals surface area contributed by atoms with Crippen LogP contribution >= 0.6 is 11.3 Å². The van der Waals surface area contributed by atoms with E-state index >= 15 is 0 Å². The summed E-state index contributed by atoms with van der Waals surface area (Å²) in [6.07, 6.45) is 2.81. The summed E-state index contributed by atoms with van der Waals surface area (Å²) in [5.41, 5.74) is 0.530. The van der Waals surface area contributed by atoms with Crippen molar-refractivity contribution in [2.45, 2.75) is 20.3 Å². The Morgan fingerprint density at radius 3 is 2.80 bits per heavy atom. The molecule has 1 fully saturated rings. The zero-order chi connectivity index (χ0) is 14.1. The van der Waals surface area contributed by atoms with Crippen molar-refractivity contribution in [2.75, 3.05) is 13.1 Å². The van der Waals surface area contributed by atoms with Gasteiger partial charge in [-0.2, -0.15) is 0 Å². The summed E-state index contributed by atoms with van der Waals surface area (Å²) in [6.45, 7) is 6.06. The first-order valence-corrected chi connectivity index (χ1v) is 7.80. The zero-order valence-electron chi connectivity index (χ0n) is 11.7. The van der Waals surface area contributed by atoms with E-state index in [2.05, 4.69) is 18.8 Å². The van der Waals surface area contributed by atoms with Crippen molar-refractivity contribution >= 4 is 17.2 Å². The van der Waals surface area contributed by atoms with Gasteiger partial charge in [-0.3, -0.25) is 4.79 Å². The van der Waals surface area contributed by atoms with Crippen molar-refractivity contribution in [1.82, 2.24) is 9.88 Å². The number of aromatic nitrogens is 1. The standard InChI is InChI=1S/C15H18N2O2S/c1-10-6-11(2)8-17(7-10)15(18)12-9-20-14(16-12)13-4-3-5-19-13/h3-5,9-11H,6-8H2,1-2H3. The fraction of sp³-hybridized carbons (Fsp3) is 0.467. The van der Waals surface area contributed by atoms with Gasteiger partial charge in [0.15, 0.2) is 10.8 Å². The van der Waals surface area contributed by atoms with Gasteiger partial charge in [-0.25, -0.2) is 4.98 Å². The second kappa shape index (κ2) is 5.40. The van der Waals surface area contributed by atoms with Gasteiger partial charge < -0.3 is 9.32 Å². The molecule has 0 N–H and O–H groups in total. The lowest BCUT2D eigenvalue weighted by atomic mass is 9.92. The van der Waals surface area contributed by atoms with Crippen molar-refractivity contribution in [1.29, 1.82) is 0 Å². The van der Waals surface area contributed by atoms with Gasteiger partial charge in [0.25, 0.3) is 5.91 Å². The Hall–Kier alpha value is -1.62. The lowest BCUT2D eigenvalue weighted by Crippen LogP contribution is -2.42. The Bertz CT molecular complexity index is 581. The summed E-state index contributed by atoms with van der Waals surface area (Å²) >= 11 is 1.45. The van der Waals surface area contributed by atoms with E-state index in [0.717, 1.165) is 23.9 Å². The van der Waals surface area contributed by atoms with Crippen LogP contribution in [0.1, 0.15) is 30.8 Å². The number of hydrogen-bond donors (Lipinski definition) is 0. The minimum atomic E-state index is 0.0393. The molecule has 1 aliphatic rings. The molecule has 20 heavy (non-hydrogen) atoms. The van der Waals surface area contributed by atoms with E-state index in [4.69, 9.17) is 4.42 Å². The fourth-order valence-electron chi connectivity index (χ4n) is 2.88.